The molecule has 1 N–H and O–H groups in total. The largest absolute Gasteiger partial charge is 0.368 e. The van der Waals surface area contributed by atoms with Crippen LogP contribution in [0.1, 0.15) is 25.7 Å². The second-order valence-corrected chi connectivity index (χ2v) is 7.02. The number of anilines is 1. The number of piperazine rings is 1. The molecule has 1 saturated carbocycles. The Kier molecular flexibility index (Phi) is 6.11. The molecule has 1 saturated heterocycles. The number of carbonyl (C=O) groups is 2. The minimum absolute atomic E-state index is 0.00595. The van der Waals surface area contributed by atoms with E-state index in [4.69, 9.17) is 5.26 Å². The summed E-state index contributed by atoms with van der Waals surface area (Å²) in [4.78, 5) is 29.6. The van der Waals surface area contributed by atoms with Crippen LogP contribution in [0, 0.1) is 23.2 Å². The van der Waals surface area contributed by atoms with Gasteiger partial charge in [-0.1, -0.05) is 31.0 Å². The van der Waals surface area contributed by atoms with Crippen molar-refractivity contribution in [2.75, 3.05) is 37.6 Å². The Morgan fingerprint density at radius 1 is 1.04 bits per heavy atom. The van der Waals surface area contributed by atoms with E-state index in [9.17, 15) is 9.59 Å². The normalized spacial score (nSPS) is 23.2. The van der Waals surface area contributed by atoms with Crippen molar-refractivity contribution in [1.29, 1.82) is 5.26 Å². The quantitative estimate of drug-likeness (QED) is 0.836. The fourth-order valence-electron chi connectivity index (χ4n) is 4.06. The molecule has 1 heterocycles. The van der Waals surface area contributed by atoms with Gasteiger partial charge in [0.05, 0.1) is 6.07 Å². The number of nitrogens with one attached hydrogen (secondary N) is 1. The van der Waals surface area contributed by atoms with E-state index < -0.39 is 0 Å². The number of benzene rings is 1. The molecule has 138 valence electrons. The van der Waals surface area contributed by atoms with Gasteiger partial charge in [-0.3, -0.25) is 9.59 Å². The molecular weight excluding hydrogens is 328 g/mol. The molecule has 0 radical (unpaired) electrons. The van der Waals surface area contributed by atoms with Gasteiger partial charge in [-0.25, -0.2) is 0 Å². The van der Waals surface area contributed by atoms with E-state index in [1.54, 1.807) is 0 Å². The zero-order valence-electron chi connectivity index (χ0n) is 15.1. The molecule has 2 aliphatic rings. The van der Waals surface area contributed by atoms with Crippen molar-refractivity contribution in [3.05, 3.63) is 30.3 Å². The van der Waals surface area contributed by atoms with Crippen LogP contribution in [0.2, 0.25) is 0 Å². The maximum Gasteiger partial charge on any atom is 0.226 e. The SMILES string of the molecule is N#CCNC(=O)[C@@H]1CCCC[C@H]1C(=O)N1CCN(c2ccccc2)CC1. The molecule has 6 nitrogen and oxygen atoms in total. The molecule has 0 bridgehead atoms. The molecule has 2 amide bonds. The summed E-state index contributed by atoms with van der Waals surface area (Å²) in [5.74, 6) is -0.579. The van der Waals surface area contributed by atoms with Crippen LogP contribution >= 0.6 is 0 Å². The Balaban J connectivity index is 1.59. The molecule has 1 aromatic carbocycles. The molecule has 0 spiro atoms. The Hall–Kier alpha value is -2.55. The van der Waals surface area contributed by atoms with Gasteiger partial charge in [0.25, 0.3) is 0 Å². The first-order valence-corrected chi connectivity index (χ1v) is 9.44. The fourth-order valence-corrected chi connectivity index (χ4v) is 4.06. The highest BCUT2D eigenvalue weighted by molar-refractivity contribution is 5.88. The molecular formula is C20H26N4O2. The van der Waals surface area contributed by atoms with Crippen LogP contribution in [0.5, 0.6) is 0 Å². The second kappa shape index (κ2) is 8.70. The third-order valence-electron chi connectivity index (χ3n) is 5.47. The average molecular weight is 354 g/mol. The van der Waals surface area contributed by atoms with Gasteiger partial charge in [-0.2, -0.15) is 5.26 Å². The highest BCUT2D eigenvalue weighted by Crippen LogP contribution is 2.32. The van der Waals surface area contributed by atoms with E-state index >= 15 is 0 Å². The van der Waals surface area contributed by atoms with E-state index in [-0.39, 0.29) is 30.2 Å². The average Bonchev–Trinajstić information content (AvgIpc) is 2.72. The van der Waals surface area contributed by atoms with Crippen LogP contribution in [0.25, 0.3) is 0 Å². The molecule has 6 heteroatoms. The number of nitriles is 1. The van der Waals surface area contributed by atoms with Crippen LogP contribution in [-0.4, -0.2) is 49.4 Å². The van der Waals surface area contributed by atoms with Gasteiger partial charge in [0.15, 0.2) is 0 Å². The topological polar surface area (TPSA) is 76.4 Å². The van der Waals surface area contributed by atoms with Gasteiger partial charge in [0.1, 0.15) is 6.54 Å². The predicted molar refractivity (Wildman–Crippen MR) is 99.3 cm³/mol. The number of amides is 2. The second-order valence-electron chi connectivity index (χ2n) is 7.02. The Bertz CT molecular complexity index is 662. The predicted octanol–water partition coefficient (Wildman–Crippen LogP) is 1.78. The lowest BCUT2D eigenvalue weighted by Crippen LogP contribution is -2.52. The van der Waals surface area contributed by atoms with E-state index in [1.807, 2.05) is 29.2 Å². The molecule has 0 unspecified atom stereocenters. The number of rotatable bonds is 4. The van der Waals surface area contributed by atoms with Crippen LogP contribution in [0.3, 0.4) is 0 Å². The van der Waals surface area contributed by atoms with Crippen molar-refractivity contribution in [3.63, 3.8) is 0 Å². The van der Waals surface area contributed by atoms with Crippen molar-refractivity contribution in [2.45, 2.75) is 25.7 Å². The Morgan fingerprint density at radius 2 is 1.69 bits per heavy atom. The summed E-state index contributed by atoms with van der Waals surface area (Å²) in [7, 11) is 0. The van der Waals surface area contributed by atoms with E-state index in [2.05, 4.69) is 22.3 Å². The van der Waals surface area contributed by atoms with E-state index in [0.29, 0.717) is 13.1 Å². The number of carbonyl (C=O) groups excluding carboxylic acids is 2. The monoisotopic (exact) mass is 354 g/mol. The minimum atomic E-state index is -0.295. The van der Waals surface area contributed by atoms with Crippen LogP contribution in [0.4, 0.5) is 5.69 Å². The highest BCUT2D eigenvalue weighted by Gasteiger charge is 2.38. The summed E-state index contributed by atoms with van der Waals surface area (Å²) >= 11 is 0. The zero-order valence-corrected chi connectivity index (χ0v) is 15.1. The zero-order chi connectivity index (χ0) is 18.4. The molecule has 1 aromatic rings. The summed E-state index contributed by atoms with van der Waals surface area (Å²) in [6, 6.07) is 12.2. The third-order valence-corrected chi connectivity index (χ3v) is 5.47. The summed E-state index contributed by atoms with van der Waals surface area (Å²) in [5, 5.41) is 11.3. The molecule has 1 aliphatic carbocycles. The molecule has 2 atom stereocenters. The lowest BCUT2D eigenvalue weighted by atomic mass is 9.77. The van der Waals surface area contributed by atoms with Crippen molar-refractivity contribution in [1.82, 2.24) is 10.2 Å². The van der Waals surface area contributed by atoms with Crippen molar-refractivity contribution in [3.8, 4) is 6.07 Å². The molecule has 2 fully saturated rings. The number of hydrogen-bond acceptors (Lipinski definition) is 4. The summed E-state index contributed by atoms with van der Waals surface area (Å²) in [5.41, 5.74) is 1.19. The standard InChI is InChI=1S/C20H26N4O2/c21-10-11-22-19(25)17-8-4-5-9-18(17)20(26)24-14-12-23(13-15-24)16-6-2-1-3-7-16/h1-3,6-7,17-18H,4-5,8-9,11-15H2,(H,22,25)/t17-,18-/m1/s1. The van der Waals surface area contributed by atoms with Crippen LogP contribution in [-0.2, 0) is 9.59 Å². The molecule has 1 aliphatic heterocycles. The van der Waals surface area contributed by atoms with Crippen LogP contribution < -0.4 is 10.2 Å². The van der Waals surface area contributed by atoms with Crippen molar-refractivity contribution >= 4 is 17.5 Å². The van der Waals surface area contributed by atoms with Gasteiger partial charge in [0, 0.05) is 43.7 Å². The van der Waals surface area contributed by atoms with Crippen molar-refractivity contribution < 1.29 is 9.59 Å². The molecule has 3 rings (SSSR count). The highest BCUT2D eigenvalue weighted by atomic mass is 16.2. The van der Waals surface area contributed by atoms with Gasteiger partial charge in [-0.15, -0.1) is 0 Å². The fraction of sp³-hybridized carbons (Fsp3) is 0.550. The van der Waals surface area contributed by atoms with Gasteiger partial charge >= 0.3 is 0 Å². The maximum atomic E-state index is 13.0. The summed E-state index contributed by atoms with van der Waals surface area (Å²) in [6.07, 6.45) is 3.46. The van der Waals surface area contributed by atoms with Gasteiger partial charge in [-0.05, 0) is 25.0 Å². The first-order chi connectivity index (χ1) is 12.7. The number of hydrogen-bond donors (Lipinski definition) is 1. The van der Waals surface area contributed by atoms with E-state index in [1.165, 1.54) is 5.69 Å². The first-order valence-electron chi connectivity index (χ1n) is 9.44. The first kappa shape index (κ1) is 18.2. The Morgan fingerprint density at radius 3 is 2.35 bits per heavy atom. The Labute approximate surface area is 154 Å². The van der Waals surface area contributed by atoms with E-state index in [0.717, 1.165) is 38.8 Å². The molecule has 0 aromatic heterocycles. The van der Waals surface area contributed by atoms with Crippen LogP contribution in [0.15, 0.2) is 30.3 Å². The number of nitrogens with zero attached hydrogens (tertiary/aromatic N) is 3. The molecule has 26 heavy (non-hydrogen) atoms. The lowest BCUT2D eigenvalue weighted by Gasteiger charge is -2.39. The van der Waals surface area contributed by atoms with Crippen molar-refractivity contribution in [2.24, 2.45) is 11.8 Å². The lowest BCUT2D eigenvalue weighted by molar-refractivity contribution is -0.143. The third kappa shape index (κ3) is 4.16. The summed E-state index contributed by atoms with van der Waals surface area (Å²) in [6.45, 7) is 3.01. The van der Waals surface area contributed by atoms with Gasteiger partial charge < -0.3 is 15.1 Å². The maximum absolute atomic E-state index is 13.0. The summed E-state index contributed by atoms with van der Waals surface area (Å²) < 4.78 is 0. The van der Waals surface area contributed by atoms with Gasteiger partial charge in [0.2, 0.25) is 11.8 Å². The number of para-hydroxylation sites is 1. The minimum Gasteiger partial charge on any atom is -0.368 e. The smallest absolute Gasteiger partial charge is 0.226 e.